The molecule has 1 aromatic heterocycles. The summed E-state index contributed by atoms with van der Waals surface area (Å²) in [7, 11) is 0. The van der Waals surface area contributed by atoms with E-state index in [0.717, 1.165) is 10.9 Å². The van der Waals surface area contributed by atoms with E-state index in [-0.39, 0.29) is 11.7 Å². The van der Waals surface area contributed by atoms with Gasteiger partial charge in [-0.1, -0.05) is 18.2 Å². The second-order valence-electron chi connectivity index (χ2n) is 4.52. The number of anilines is 1. The second-order valence-corrected chi connectivity index (χ2v) is 4.52. The number of nitrogens with one attached hydrogen (secondary N) is 2. The third-order valence-electron chi connectivity index (χ3n) is 3.25. The molecule has 5 heteroatoms. The highest BCUT2D eigenvalue weighted by atomic mass is 16.3. The molecule has 3 rings (SSSR count). The lowest BCUT2D eigenvalue weighted by molar-refractivity contribution is 0.102. The predicted octanol–water partition coefficient (Wildman–Crippen LogP) is 2.83. The molecule has 2 aromatic carbocycles. The Morgan fingerprint density at radius 3 is 2.85 bits per heavy atom. The van der Waals surface area contributed by atoms with Crippen molar-refractivity contribution in [3.8, 4) is 5.75 Å². The number of aromatic amines is 1. The smallest absolute Gasteiger partial charge is 0.257 e. The summed E-state index contributed by atoms with van der Waals surface area (Å²) in [6.45, 7) is 1.70. The van der Waals surface area contributed by atoms with E-state index in [1.54, 1.807) is 25.1 Å². The van der Waals surface area contributed by atoms with E-state index in [2.05, 4.69) is 15.5 Å². The number of fused-ring (bicyclic) bond motifs is 1. The van der Waals surface area contributed by atoms with Crippen LogP contribution in [-0.2, 0) is 0 Å². The first-order valence-corrected chi connectivity index (χ1v) is 6.20. The molecule has 0 radical (unpaired) electrons. The summed E-state index contributed by atoms with van der Waals surface area (Å²) < 4.78 is 0. The first-order valence-electron chi connectivity index (χ1n) is 6.20. The Morgan fingerprint density at radius 2 is 2.00 bits per heavy atom. The van der Waals surface area contributed by atoms with Crippen molar-refractivity contribution in [3.63, 3.8) is 0 Å². The molecule has 0 aliphatic carbocycles. The molecule has 0 spiro atoms. The number of H-pyrrole nitrogens is 1. The van der Waals surface area contributed by atoms with Gasteiger partial charge >= 0.3 is 0 Å². The normalized spacial score (nSPS) is 10.7. The summed E-state index contributed by atoms with van der Waals surface area (Å²) in [5, 5.41) is 20.2. The Bertz CT molecular complexity index is 793. The van der Waals surface area contributed by atoms with Crippen molar-refractivity contribution in [1.82, 2.24) is 10.2 Å². The van der Waals surface area contributed by atoms with Crippen LogP contribution in [0.15, 0.2) is 42.5 Å². The summed E-state index contributed by atoms with van der Waals surface area (Å²) in [5.74, 6) is 0.286. The van der Waals surface area contributed by atoms with Crippen molar-refractivity contribution in [3.05, 3.63) is 53.6 Å². The standard InChI is InChI=1S/C15H13N3O2/c1-9-10(6-4-8-13(9)19)15(20)16-14-11-5-2-3-7-12(11)17-18-14/h2-8,19H,1H3,(H2,16,17,18,20). The summed E-state index contributed by atoms with van der Waals surface area (Å²) in [6, 6.07) is 12.4. The Morgan fingerprint density at radius 1 is 1.20 bits per heavy atom. The van der Waals surface area contributed by atoms with Crippen molar-refractivity contribution in [2.75, 3.05) is 5.32 Å². The fourth-order valence-electron chi connectivity index (χ4n) is 2.10. The van der Waals surface area contributed by atoms with E-state index in [0.29, 0.717) is 16.9 Å². The molecular weight excluding hydrogens is 254 g/mol. The topological polar surface area (TPSA) is 78.0 Å². The summed E-state index contributed by atoms with van der Waals surface area (Å²) in [5.41, 5.74) is 1.83. The Balaban J connectivity index is 1.95. The van der Waals surface area contributed by atoms with Crippen LogP contribution in [0, 0.1) is 6.92 Å². The number of carbonyl (C=O) groups excluding carboxylic acids is 1. The first kappa shape index (κ1) is 12.2. The number of phenolic OH excluding ortho intramolecular Hbond substituents is 1. The van der Waals surface area contributed by atoms with Crippen LogP contribution in [0.2, 0.25) is 0 Å². The van der Waals surface area contributed by atoms with Gasteiger partial charge in [-0.05, 0) is 31.2 Å². The monoisotopic (exact) mass is 267 g/mol. The molecule has 0 aliphatic heterocycles. The van der Waals surface area contributed by atoms with E-state index < -0.39 is 0 Å². The highest BCUT2D eigenvalue weighted by molar-refractivity contribution is 6.08. The number of aromatic hydroxyl groups is 1. The number of para-hydroxylation sites is 1. The number of amides is 1. The highest BCUT2D eigenvalue weighted by Crippen LogP contribution is 2.23. The Labute approximate surface area is 115 Å². The number of benzene rings is 2. The van der Waals surface area contributed by atoms with Gasteiger partial charge in [-0.25, -0.2) is 0 Å². The van der Waals surface area contributed by atoms with E-state index >= 15 is 0 Å². The molecule has 0 unspecified atom stereocenters. The van der Waals surface area contributed by atoms with E-state index in [1.165, 1.54) is 0 Å². The van der Waals surface area contributed by atoms with E-state index in [1.807, 2.05) is 24.3 Å². The Kier molecular flexibility index (Phi) is 2.87. The minimum Gasteiger partial charge on any atom is -0.508 e. The lowest BCUT2D eigenvalue weighted by atomic mass is 10.1. The maximum Gasteiger partial charge on any atom is 0.257 e. The van der Waals surface area contributed by atoms with Crippen LogP contribution in [0.4, 0.5) is 5.82 Å². The van der Waals surface area contributed by atoms with Crippen molar-refractivity contribution in [1.29, 1.82) is 0 Å². The summed E-state index contributed by atoms with van der Waals surface area (Å²) >= 11 is 0. The fraction of sp³-hybridized carbons (Fsp3) is 0.0667. The maximum atomic E-state index is 12.3. The van der Waals surface area contributed by atoms with Crippen LogP contribution in [0.25, 0.3) is 10.9 Å². The van der Waals surface area contributed by atoms with Crippen LogP contribution in [0.5, 0.6) is 5.75 Å². The molecule has 0 saturated carbocycles. The predicted molar refractivity (Wildman–Crippen MR) is 76.9 cm³/mol. The molecule has 1 heterocycles. The lowest BCUT2D eigenvalue weighted by Gasteiger charge is -2.07. The van der Waals surface area contributed by atoms with Gasteiger partial charge in [0, 0.05) is 16.5 Å². The number of hydrogen-bond donors (Lipinski definition) is 3. The molecule has 5 nitrogen and oxygen atoms in total. The Hall–Kier alpha value is -2.82. The van der Waals surface area contributed by atoms with Gasteiger partial charge < -0.3 is 10.4 Å². The molecule has 0 atom stereocenters. The van der Waals surface area contributed by atoms with Crippen molar-refractivity contribution < 1.29 is 9.90 Å². The number of rotatable bonds is 2. The van der Waals surface area contributed by atoms with Gasteiger partial charge in [-0.2, -0.15) is 5.10 Å². The number of aromatic nitrogens is 2. The second kappa shape index (κ2) is 4.70. The zero-order valence-corrected chi connectivity index (χ0v) is 10.8. The van der Waals surface area contributed by atoms with Gasteiger partial charge in [0.05, 0.1) is 5.52 Å². The van der Waals surface area contributed by atoms with Gasteiger partial charge in [-0.15, -0.1) is 0 Å². The number of hydrogen-bond acceptors (Lipinski definition) is 3. The minimum atomic E-state index is -0.296. The SMILES string of the molecule is Cc1c(O)cccc1C(=O)Nc1n[nH]c2ccccc12. The average Bonchev–Trinajstić information content (AvgIpc) is 2.85. The van der Waals surface area contributed by atoms with Crippen molar-refractivity contribution in [2.45, 2.75) is 6.92 Å². The lowest BCUT2D eigenvalue weighted by Crippen LogP contribution is -2.13. The molecule has 20 heavy (non-hydrogen) atoms. The third-order valence-corrected chi connectivity index (χ3v) is 3.25. The highest BCUT2D eigenvalue weighted by Gasteiger charge is 2.14. The molecule has 3 N–H and O–H groups in total. The van der Waals surface area contributed by atoms with Crippen LogP contribution >= 0.6 is 0 Å². The van der Waals surface area contributed by atoms with Crippen LogP contribution in [-0.4, -0.2) is 21.2 Å². The van der Waals surface area contributed by atoms with E-state index in [9.17, 15) is 9.90 Å². The zero-order chi connectivity index (χ0) is 14.1. The largest absolute Gasteiger partial charge is 0.508 e. The van der Waals surface area contributed by atoms with Gasteiger partial charge in [0.25, 0.3) is 5.91 Å². The number of carbonyl (C=O) groups is 1. The fourth-order valence-corrected chi connectivity index (χ4v) is 2.10. The van der Waals surface area contributed by atoms with Crippen LogP contribution < -0.4 is 5.32 Å². The molecule has 0 saturated heterocycles. The van der Waals surface area contributed by atoms with Crippen molar-refractivity contribution >= 4 is 22.6 Å². The molecule has 3 aromatic rings. The molecule has 0 bridgehead atoms. The zero-order valence-electron chi connectivity index (χ0n) is 10.8. The quantitative estimate of drug-likeness (QED) is 0.668. The molecule has 0 aliphatic rings. The van der Waals surface area contributed by atoms with Crippen LogP contribution in [0.3, 0.4) is 0 Å². The molecule has 0 fully saturated rings. The number of phenols is 1. The third kappa shape index (κ3) is 1.99. The maximum absolute atomic E-state index is 12.3. The van der Waals surface area contributed by atoms with Crippen LogP contribution in [0.1, 0.15) is 15.9 Å². The number of nitrogens with zero attached hydrogens (tertiary/aromatic N) is 1. The van der Waals surface area contributed by atoms with Gasteiger partial charge in [0.15, 0.2) is 5.82 Å². The summed E-state index contributed by atoms with van der Waals surface area (Å²) in [6.07, 6.45) is 0. The molecule has 1 amide bonds. The average molecular weight is 267 g/mol. The first-order chi connectivity index (χ1) is 9.66. The van der Waals surface area contributed by atoms with Crippen molar-refractivity contribution in [2.24, 2.45) is 0 Å². The van der Waals surface area contributed by atoms with Gasteiger partial charge in [-0.3, -0.25) is 9.89 Å². The van der Waals surface area contributed by atoms with Gasteiger partial charge in [0.1, 0.15) is 5.75 Å². The summed E-state index contributed by atoms with van der Waals surface area (Å²) in [4.78, 5) is 12.3. The minimum absolute atomic E-state index is 0.101. The molecular formula is C15H13N3O2. The van der Waals surface area contributed by atoms with E-state index in [4.69, 9.17) is 0 Å². The van der Waals surface area contributed by atoms with Gasteiger partial charge in [0.2, 0.25) is 0 Å². The molecule has 100 valence electrons.